The summed E-state index contributed by atoms with van der Waals surface area (Å²) in [6.07, 6.45) is 0.457. The molecule has 1 heterocycles. The lowest BCUT2D eigenvalue weighted by atomic mass is 9.84. The number of rotatable bonds is 3. The molecule has 1 N–H and O–H groups in total. The fraction of sp³-hybridized carbons (Fsp3) is 0.444. The van der Waals surface area contributed by atoms with Gasteiger partial charge in [-0.1, -0.05) is 18.5 Å². The molecule has 0 bridgehead atoms. The fourth-order valence-electron chi connectivity index (χ4n) is 1.05. The van der Waals surface area contributed by atoms with Gasteiger partial charge >= 0.3 is 5.97 Å². The van der Waals surface area contributed by atoms with Crippen LogP contribution in [0.2, 0.25) is 5.15 Å². The molecular weight excluding hydrogens is 204 g/mol. The average molecular weight is 215 g/mol. The maximum absolute atomic E-state index is 11.0. The number of carboxylic acid groups (broad SMARTS) is 1. The van der Waals surface area contributed by atoms with Gasteiger partial charge in [0.2, 0.25) is 0 Å². The Bertz CT molecular complexity index is 339. The van der Waals surface area contributed by atoms with Gasteiger partial charge in [0.25, 0.3) is 0 Å². The molecule has 5 heteroatoms. The van der Waals surface area contributed by atoms with Crippen LogP contribution in [-0.2, 0) is 10.2 Å². The number of nitrogens with zero attached hydrogens (tertiary/aromatic N) is 2. The van der Waals surface area contributed by atoms with Gasteiger partial charge in [-0.15, -0.1) is 5.10 Å². The van der Waals surface area contributed by atoms with Gasteiger partial charge < -0.3 is 5.11 Å². The van der Waals surface area contributed by atoms with Crippen LogP contribution < -0.4 is 0 Å². The van der Waals surface area contributed by atoms with Crippen molar-refractivity contribution in [2.24, 2.45) is 0 Å². The zero-order valence-electron chi connectivity index (χ0n) is 7.99. The highest BCUT2D eigenvalue weighted by Gasteiger charge is 2.35. The third-order valence-electron chi connectivity index (χ3n) is 2.38. The first-order chi connectivity index (χ1) is 6.50. The SMILES string of the molecule is CCC(C)(C(=O)O)c1ccc(Cl)nn1. The van der Waals surface area contributed by atoms with Gasteiger partial charge in [0.1, 0.15) is 5.41 Å². The van der Waals surface area contributed by atoms with E-state index in [4.69, 9.17) is 16.7 Å². The number of hydrogen-bond acceptors (Lipinski definition) is 3. The zero-order valence-corrected chi connectivity index (χ0v) is 8.75. The first-order valence-electron chi connectivity index (χ1n) is 4.24. The summed E-state index contributed by atoms with van der Waals surface area (Å²) < 4.78 is 0. The molecule has 0 spiro atoms. The van der Waals surface area contributed by atoms with Gasteiger partial charge in [0, 0.05) is 0 Å². The van der Waals surface area contributed by atoms with E-state index < -0.39 is 11.4 Å². The van der Waals surface area contributed by atoms with Crippen LogP contribution in [0, 0.1) is 0 Å². The average Bonchev–Trinajstić information content (AvgIpc) is 2.17. The van der Waals surface area contributed by atoms with E-state index in [1.807, 2.05) is 0 Å². The lowest BCUT2D eigenvalue weighted by Crippen LogP contribution is -2.32. The minimum absolute atomic E-state index is 0.262. The Hall–Kier alpha value is -1.16. The molecule has 0 aliphatic carbocycles. The van der Waals surface area contributed by atoms with Crippen molar-refractivity contribution in [2.45, 2.75) is 25.7 Å². The van der Waals surface area contributed by atoms with Crippen LogP contribution >= 0.6 is 11.6 Å². The quantitative estimate of drug-likeness (QED) is 0.835. The van der Waals surface area contributed by atoms with E-state index in [1.165, 1.54) is 0 Å². The maximum atomic E-state index is 11.0. The van der Waals surface area contributed by atoms with Crippen molar-refractivity contribution in [1.82, 2.24) is 10.2 Å². The first-order valence-corrected chi connectivity index (χ1v) is 4.61. The van der Waals surface area contributed by atoms with E-state index in [2.05, 4.69) is 10.2 Å². The van der Waals surface area contributed by atoms with Crippen molar-refractivity contribution in [2.75, 3.05) is 0 Å². The van der Waals surface area contributed by atoms with Crippen LogP contribution in [0.1, 0.15) is 26.0 Å². The Morgan fingerprint density at radius 1 is 1.57 bits per heavy atom. The van der Waals surface area contributed by atoms with Crippen molar-refractivity contribution in [3.63, 3.8) is 0 Å². The molecule has 0 amide bonds. The lowest BCUT2D eigenvalue weighted by Gasteiger charge is -2.21. The monoisotopic (exact) mass is 214 g/mol. The van der Waals surface area contributed by atoms with Gasteiger partial charge in [-0.05, 0) is 25.5 Å². The van der Waals surface area contributed by atoms with Crippen molar-refractivity contribution in [3.8, 4) is 0 Å². The molecule has 76 valence electrons. The van der Waals surface area contributed by atoms with Gasteiger partial charge in [-0.3, -0.25) is 4.79 Å². The van der Waals surface area contributed by atoms with E-state index >= 15 is 0 Å². The van der Waals surface area contributed by atoms with Crippen molar-refractivity contribution in [1.29, 1.82) is 0 Å². The first kappa shape index (κ1) is 10.9. The molecular formula is C9H11ClN2O2. The van der Waals surface area contributed by atoms with Crippen LogP contribution in [0.4, 0.5) is 0 Å². The molecule has 0 aliphatic rings. The molecule has 0 saturated carbocycles. The summed E-state index contributed by atoms with van der Waals surface area (Å²) in [7, 11) is 0. The Balaban J connectivity index is 3.13. The number of aliphatic carboxylic acids is 1. The molecule has 1 aromatic heterocycles. The maximum Gasteiger partial charge on any atom is 0.315 e. The summed E-state index contributed by atoms with van der Waals surface area (Å²) in [5.41, 5.74) is -0.561. The Morgan fingerprint density at radius 3 is 2.57 bits per heavy atom. The predicted octanol–water partition coefficient (Wildman–Crippen LogP) is 1.88. The molecule has 4 nitrogen and oxygen atoms in total. The molecule has 0 aromatic carbocycles. The van der Waals surface area contributed by atoms with Gasteiger partial charge in [-0.25, -0.2) is 0 Å². The van der Waals surface area contributed by atoms with E-state index in [0.717, 1.165) is 0 Å². The van der Waals surface area contributed by atoms with E-state index in [1.54, 1.807) is 26.0 Å². The number of aromatic nitrogens is 2. The summed E-state index contributed by atoms with van der Waals surface area (Å²) in [6.45, 7) is 3.41. The lowest BCUT2D eigenvalue weighted by molar-refractivity contribution is -0.143. The van der Waals surface area contributed by atoms with Crippen molar-refractivity contribution >= 4 is 17.6 Å². The molecule has 1 atom stereocenters. The number of hydrogen-bond donors (Lipinski definition) is 1. The van der Waals surface area contributed by atoms with Crippen molar-refractivity contribution in [3.05, 3.63) is 23.0 Å². The summed E-state index contributed by atoms with van der Waals surface area (Å²) in [5, 5.41) is 16.7. The largest absolute Gasteiger partial charge is 0.481 e. The van der Waals surface area contributed by atoms with Crippen LogP contribution in [0.5, 0.6) is 0 Å². The van der Waals surface area contributed by atoms with Gasteiger partial charge in [0.15, 0.2) is 5.15 Å². The Labute approximate surface area is 86.9 Å². The molecule has 1 unspecified atom stereocenters. The summed E-state index contributed by atoms with van der Waals surface area (Å²) in [6, 6.07) is 3.13. The zero-order chi connectivity index (χ0) is 10.8. The summed E-state index contributed by atoms with van der Waals surface area (Å²) in [5.74, 6) is -0.906. The number of carbonyl (C=O) groups is 1. The molecule has 1 aromatic rings. The highest BCUT2D eigenvalue weighted by molar-refractivity contribution is 6.29. The normalized spacial score (nSPS) is 14.8. The van der Waals surface area contributed by atoms with Crippen molar-refractivity contribution < 1.29 is 9.90 Å². The third-order valence-corrected chi connectivity index (χ3v) is 2.58. The Kier molecular flexibility index (Phi) is 3.06. The Morgan fingerprint density at radius 2 is 2.21 bits per heavy atom. The van der Waals surface area contributed by atoms with E-state index in [0.29, 0.717) is 12.1 Å². The molecule has 0 aliphatic heterocycles. The van der Waals surface area contributed by atoms with Crippen LogP contribution in [0.25, 0.3) is 0 Å². The van der Waals surface area contributed by atoms with Crippen LogP contribution in [0.15, 0.2) is 12.1 Å². The highest BCUT2D eigenvalue weighted by atomic mass is 35.5. The second-order valence-corrected chi connectivity index (χ2v) is 3.62. The molecule has 0 saturated heterocycles. The molecule has 14 heavy (non-hydrogen) atoms. The second kappa shape index (κ2) is 3.92. The fourth-order valence-corrected chi connectivity index (χ4v) is 1.15. The van der Waals surface area contributed by atoms with E-state index in [9.17, 15) is 4.79 Å². The third kappa shape index (κ3) is 1.85. The molecule has 0 fully saturated rings. The summed E-state index contributed by atoms with van der Waals surface area (Å²) >= 11 is 5.56. The standard InChI is InChI=1S/C9H11ClN2O2/c1-3-9(2,8(13)14)6-4-5-7(10)12-11-6/h4-5H,3H2,1-2H3,(H,13,14). The van der Waals surface area contributed by atoms with E-state index in [-0.39, 0.29) is 5.15 Å². The minimum atomic E-state index is -0.989. The summed E-state index contributed by atoms with van der Waals surface area (Å²) in [4.78, 5) is 11.0. The van der Waals surface area contributed by atoms with Gasteiger partial charge in [-0.2, -0.15) is 5.10 Å². The predicted molar refractivity (Wildman–Crippen MR) is 52.3 cm³/mol. The second-order valence-electron chi connectivity index (χ2n) is 3.23. The smallest absolute Gasteiger partial charge is 0.315 e. The molecule has 0 radical (unpaired) electrons. The topological polar surface area (TPSA) is 63.1 Å². The highest BCUT2D eigenvalue weighted by Crippen LogP contribution is 2.25. The van der Waals surface area contributed by atoms with Gasteiger partial charge in [0.05, 0.1) is 5.69 Å². The number of carboxylic acids is 1. The molecule has 1 rings (SSSR count). The number of halogens is 1. The van der Waals surface area contributed by atoms with Crippen LogP contribution in [-0.4, -0.2) is 21.3 Å². The van der Waals surface area contributed by atoms with Crippen LogP contribution in [0.3, 0.4) is 0 Å². The minimum Gasteiger partial charge on any atom is -0.481 e.